The second-order valence-electron chi connectivity index (χ2n) is 7.00. The van der Waals surface area contributed by atoms with Crippen molar-refractivity contribution in [3.05, 3.63) is 34.9 Å². The molecule has 1 saturated heterocycles. The molecule has 132 valence electrons. The quantitative estimate of drug-likeness (QED) is 0.848. The van der Waals surface area contributed by atoms with Crippen LogP contribution in [0.4, 0.5) is 0 Å². The Morgan fingerprint density at radius 3 is 3.17 bits per heavy atom. The third-order valence-electron chi connectivity index (χ3n) is 5.05. The maximum Gasteiger partial charge on any atom is 0.224 e. The minimum Gasteiger partial charge on any atom is -0.376 e. The summed E-state index contributed by atoms with van der Waals surface area (Å²) in [4.78, 5) is 14.7. The van der Waals surface area contributed by atoms with Crippen molar-refractivity contribution in [1.82, 2.24) is 15.5 Å². The lowest BCUT2D eigenvalue weighted by molar-refractivity contribution is -0.120. The van der Waals surface area contributed by atoms with Crippen molar-refractivity contribution in [2.24, 2.45) is 0 Å². The van der Waals surface area contributed by atoms with E-state index < -0.39 is 0 Å². The van der Waals surface area contributed by atoms with Crippen molar-refractivity contribution in [3.63, 3.8) is 0 Å². The highest BCUT2D eigenvalue weighted by Gasteiger charge is 2.23. The first-order valence-electron chi connectivity index (χ1n) is 9.06. The first kappa shape index (κ1) is 17.4. The third kappa shape index (κ3) is 4.35. The third-order valence-corrected chi connectivity index (χ3v) is 5.05. The minimum absolute atomic E-state index is 0.121. The minimum atomic E-state index is 0.121. The van der Waals surface area contributed by atoms with Gasteiger partial charge in [-0.2, -0.15) is 0 Å². The van der Waals surface area contributed by atoms with Crippen LogP contribution in [0, 0.1) is 0 Å². The molecule has 5 nitrogen and oxygen atoms in total. The Bertz CT molecular complexity index is 576. The number of nitrogens with one attached hydrogen (secondary N) is 2. The number of carbonyl (C=O) groups excluding carboxylic acids is 1. The zero-order chi connectivity index (χ0) is 16.9. The summed E-state index contributed by atoms with van der Waals surface area (Å²) in [5.74, 6) is 0.121. The fourth-order valence-corrected chi connectivity index (χ4v) is 3.63. The van der Waals surface area contributed by atoms with Gasteiger partial charge in [0.15, 0.2) is 0 Å². The zero-order valence-corrected chi connectivity index (χ0v) is 14.8. The number of hydrogen-bond donors (Lipinski definition) is 2. The maximum absolute atomic E-state index is 12.3. The van der Waals surface area contributed by atoms with Crippen molar-refractivity contribution in [2.45, 2.75) is 45.4 Å². The van der Waals surface area contributed by atoms with Crippen LogP contribution in [-0.2, 0) is 28.9 Å². The summed E-state index contributed by atoms with van der Waals surface area (Å²) >= 11 is 0. The van der Waals surface area contributed by atoms with E-state index in [2.05, 4.69) is 47.6 Å². The molecular formula is C19H29N3O2. The molecule has 0 bridgehead atoms. The number of nitrogens with zero attached hydrogens (tertiary/aromatic N) is 1. The van der Waals surface area contributed by atoms with Gasteiger partial charge in [-0.1, -0.05) is 18.2 Å². The molecule has 1 fully saturated rings. The molecule has 2 unspecified atom stereocenters. The number of benzene rings is 1. The van der Waals surface area contributed by atoms with Crippen molar-refractivity contribution >= 4 is 5.91 Å². The summed E-state index contributed by atoms with van der Waals surface area (Å²) in [6.07, 6.45) is 1.78. The molecule has 2 aliphatic heterocycles. The average Bonchev–Trinajstić information content (AvgIpc) is 2.58. The van der Waals surface area contributed by atoms with Gasteiger partial charge in [-0.05, 0) is 43.5 Å². The van der Waals surface area contributed by atoms with E-state index in [0.717, 1.165) is 39.2 Å². The van der Waals surface area contributed by atoms with Gasteiger partial charge < -0.3 is 15.4 Å². The van der Waals surface area contributed by atoms with Crippen LogP contribution in [0.15, 0.2) is 18.2 Å². The van der Waals surface area contributed by atoms with Crippen LogP contribution in [0.3, 0.4) is 0 Å². The van der Waals surface area contributed by atoms with E-state index in [4.69, 9.17) is 4.74 Å². The number of rotatable bonds is 5. The number of morpholine rings is 1. The molecule has 1 amide bonds. The van der Waals surface area contributed by atoms with Crippen LogP contribution in [0.2, 0.25) is 0 Å². The maximum atomic E-state index is 12.3. The second kappa shape index (κ2) is 8.10. The van der Waals surface area contributed by atoms with E-state index in [0.29, 0.717) is 19.0 Å². The van der Waals surface area contributed by atoms with E-state index in [1.807, 2.05) is 0 Å². The van der Waals surface area contributed by atoms with Gasteiger partial charge in [-0.3, -0.25) is 9.69 Å². The van der Waals surface area contributed by atoms with E-state index in [9.17, 15) is 4.79 Å². The van der Waals surface area contributed by atoms with Crippen molar-refractivity contribution in [1.29, 1.82) is 0 Å². The summed E-state index contributed by atoms with van der Waals surface area (Å²) < 4.78 is 5.65. The van der Waals surface area contributed by atoms with Crippen LogP contribution in [0.5, 0.6) is 0 Å². The van der Waals surface area contributed by atoms with Gasteiger partial charge in [0.2, 0.25) is 5.91 Å². The second-order valence-corrected chi connectivity index (χ2v) is 7.00. The summed E-state index contributed by atoms with van der Waals surface area (Å²) in [7, 11) is 0. The van der Waals surface area contributed by atoms with Crippen LogP contribution in [0.1, 0.15) is 30.5 Å². The fraction of sp³-hybridized carbons (Fsp3) is 0.632. The standard InChI is InChI=1S/C19H29N3O2/c1-14-13-24-15(2)12-22(14)9-8-21-19(23)10-16-4-3-5-17-11-20-7-6-18(16)17/h3-5,14-15,20H,6-13H2,1-2H3,(H,21,23). The number of hydrogen-bond acceptors (Lipinski definition) is 4. The van der Waals surface area contributed by atoms with Gasteiger partial charge in [0.25, 0.3) is 0 Å². The Labute approximate surface area is 144 Å². The lowest BCUT2D eigenvalue weighted by atomic mass is 9.94. The SMILES string of the molecule is CC1CN(CCNC(=O)Cc2cccc3c2CCNC3)C(C)CO1. The van der Waals surface area contributed by atoms with Gasteiger partial charge in [0, 0.05) is 32.2 Å². The number of fused-ring (bicyclic) bond motifs is 1. The van der Waals surface area contributed by atoms with Gasteiger partial charge >= 0.3 is 0 Å². The highest BCUT2D eigenvalue weighted by Crippen LogP contribution is 2.19. The molecule has 5 heteroatoms. The van der Waals surface area contributed by atoms with E-state index in [1.165, 1.54) is 16.7 Å². The van der Waals surface area contributed by atoms with E-state index in [-0.39, 0.29) is 12.0 Å². The molecule has 2 N–H and O–H groups in total. The highest BCUT2D eigenvalue weighted by atomic mass is 16.5. The molecule has 2 heterocycles. The number of ether oxygens (including phenoxy) is 1. The average molecular weight is 331 g/mol. The topological polar surface area (TPSA) is 53.6 Å². The van der Waals surface area contributed by atoms with Crippen LogP contribution >= 0.6 is 0 Å². The van der Waals surface area contributed by atoms with Gasteiger partial charge in [0.05, 0.1) is 19.1 Å². The van der Waals surface area contributed by atoms with Crippen LogP contribution in [-0.4, -0.2) is 55.7 Å². The Hall–Kier alpha value is -1.43. The smallest absolute Gasteiger partial charge is 0.224 e. The summed E-state index contributed by atoms with van der Waals surface area (Å²) in [5.41, 5.74) is 3.88. The Morgan fingerprint density at radius 2 is 2.29 bits per heavy atom. The van der Waals surface area contributed by atoms with Crippen molar-refractivity contribution in [2.75, 3.05) is 32.8 Å². The molecular weight excluding hydrogens is 302 g/mol. The number of carbonyl (C=O) groups is 1. The Morgan fingerprint density at radius 1 is 1.42 bits per heavy atom. The number of amides is 1. The molecule has 3 rings (SSSR count). The molecule has 0 saturated carbocycles. The molecule has 0 spiro atoms. The molecule has 0 radical (unpaired) electrons. The van der Waals surface area contributed by atoms with E-state index >= 15 is 0 Å². The van der Waals surface area contributed by atoms with Gasteiger partial charge in [-0.25, -0.2) is 0 Å². The molecule has 2 atom stereocenters. The predicted molar refractivity (Wildman–Crippen MR) is 95.0 cm³/mol. The lowest BCUT2D eigenvalue weighted by Gasteiger charge is -2.36. The zero-order valence-electron chi connectivity index (χ0n) is 14.8. The van der Waals surface area contributed by atoms with E-state index in [1.54, 1.807) is 0 Å². The van der Waals surface area contributed by atoms with Gasteiger partial charge in [-0.15, -0.1) is 0 Å². The molecule has 1 aromatic rings. The first-order chi connectivity index (χ1) is 11.6. The Kier molecular flexibility index (Phi) is 5.87. The van der Waals surface area contributed by atoms with Crippen LogP contribution < -0.4 is 10.6 Å². The Balaban J connectivity index is 1.48. The first-order valence-corrected chi connectivity index (χ1v) is 9.06. The summed E-state index contributed by atoms with van der Waals surface area (Å²) in [6.45, 7) is 9.50. The molecule has 0 aliphatic carbocycles. The monoisotopic (exact) mass is 331 g/mol. The molecule has 2 aliphatic rings. The molecule has 0 aromatic heterocycles. The lowest BCUT2D eigenvalue weighted by Crippen LogP contribution is -2.49. The largest absolute Gasteiger partial charge is 0.376 e. The highest BCUT2D eigenvalue weighted by molar-refractivity contribution is 5.79. The van der Waals surface area contributed by atoms with Crippen LogP contribution in [0.25, 0.3) is 0 Å². The molecule has 1 aromatic carbocycles. The summed E-state index contributed by atoms with van der Waals surface area (Å²) in [6, 6.07) is 6.73. The normalized spacial score (nSPS) is 24.4. The van der Waals surface area contributed by atoms with Gasteiger partial charge in [0.1, 0.15) is 0 Å². The summed E-state index contributed by atoms with van der Waals surface area (Å²) in [5, 5.41) is 6.47. The predicted octanol–water partition coefficient (Wildman–Crippen LogP) is 1.10. The van der Waals surface area contributed by atoms with Crippen molar-refractivity contribution < 1.29 is 9.53 Å². The molecule has 24 heavy (non-hydrogen) atoms. The fourth-order valence-electron chi connectivity index (χ4n) is 3.63. The van der Waals surface area contributed by atoms with Crippen molar-refractivity contribution in [3.8, 4) is 0 Å².